The monoisotopic (exact) mass is 289 g/mol. The van der Waals surface area contributed by atoms with E-state index in [1.807, 2.05) is 6.07 Å². The SMILES string of the molecule is CCOC(=O)C1(C(=O)OCC)C(C#N)=C(N)n2cccc21. The number of nitriles is 1. The first-order chi connectivity index (χ1) is 10.0. The van der Waals surface area contributed by atoms with Gasteiger partial charge in [0.25, 0.3) is 0 Å². The Bertz CT molecular complexity index is 648. The van der Waals surface area contributed by atoms with Crippen LogP contribution >= 0.6 is 0 Å². The number of nitrogens with two attached hydrogens (primary N) is 1. The summed E-state index contributed by atoms with van der Waals surface area (Å²) in [4.78, 5) is 25.0. The summed E-state index contributed by atoms with van der Waals surface area (Å²) in [5.74, 6) is -1.69. The minimum absolute atomic E-state index is 0.0265. The highest BCUT2D eigenvalue weighted by Crippen LogP contribution is 2.43. The second-order valence-electron chi connectivity index (χ2n) is 4.33. The number of carbonyl (C=O) groups excluding carboxylic acids is 2. The lowest BCUT2D eigenvalue weighted by molar-refractivity contribution is -0.162. The van der Waals surface area contributed by atoms with Gasteiger partial charge in [-0.3, -0.25) is 0 Å². The van der Waals surface area contributed by atoms with Crippen LogP contribution in [0.3, 0.4) is 0 Å². The molecule has 0 saturated carbocycles. The molecule has 21 heavy (non-hydrogen) atoms. The van der Waals surface area contributed by atoms with Crippen molar-refractivity contribution < 1.29 is 19.1 Å². The number of carbonyl (C=O) groups is 2. The van der Waals surface area contributed by atoms with Crippen LogP contribution in [-0.4, -0.2) is 29.7 Å². The molecule has 1 aliphatic heterocycles. The second kappa shape index (κ2) is 5.32. The van der Waals surface area contributed by atoms with E-state index in [9.17, 15) is 14.9 Å². The predicted molar refractivity (Wildman–Crippen MR) is 72.4 cm³/mol. The topological polar surface area (TPSA) is 107 Å². The molecule has 0 unspecified atom stereocenters. The van der Waals surface area contributed by atoms with Crippen molar-refractivity contribution in [3.05, 3.63) is 29.6 Å². The van der Waals surface area contributed by atoms with E-state index in [0.29, 0.717) is 0 Å². The van der Waals surface area contributed by atoms with Crippen molar-refractivity contribution in [2.75, 3.05) is 13.2 Å². The highest BCUT2D eigenvalue weighted by molar-refractivity contribution is 6.13. The molecule has 0 amide bonds. The van der Waals surface area contributed by atoms with Gasteiger partial charge >= 0.3 is 11.9 Å². The molecule has 0 aromatic carbocycles. The van der Waals surface area contributed by atoms with E-state index in [1.165, 1.54) is 4.57 Å². The number of nitrogens with zero attached hydrogens (tertiary/aromatic N) is 2. The number of hydrogen-bond donors (Lipinski definition) is 1. The molecule has 2 N–H and O–H groups in total. The zero-order valence-electron chi connectivity index (χ0n) is 11.8. The summed E-state index contributed by atoms with van der Waals surface area (Å²) in [6.45, 7) is 3.37. The zero-order chi connectivity index (χ0) is 15.6. The average Bonchev–Trinajstić information content (AvgIpc) is 3.00. The van der Waals surface area contributed by atoms with Crippen molar-refractivity contribution in [1.82, 2.24) is 4.57 Å². The molecule has 0 atom stereocenters. The van der Waals surface area contributed by atoms with E-state index in [2.05, 4.69) is 0 Å². The second-order valence-corrected chi connectivity index (χ2v) is 4.33. The molecule has 0 fully saturated rings. The van der Waals surface area contributed by atoms with Crippen LogP contribution in [0.5, 0.6) is 0 Å². The van der Waals surface area contributed by atoms with E-state index in [1.54, 1.807) is 32.2 Å². The Morgan fingerprint density at radius 3 is 2.38 bits per heavy atom. The standard InChI is InChI=1S/C14H15N3O4/c1-3-20-12(18)14(13(19)21-4-2)9(8-15)11(16)17-7-5-6-10(14)17/h5-7H,3-4,16H2,1-2H3. The van der Waals surface area contributed by atoms with Crippen LogP contribution in [0.15, 0.2) is 23.9 Å². The van der Waals surface area contributed by atoms with Gasteiger partial charge in [0.05, 0.1) is 18.9 Å². The van der Waals surface area contributed by atoms with Gasteiger partial charge in [0.2, 0.25) is 5.41 Å². The lowest BCUT2D eigenvalue weighted by Gasteiger charge is -2.24. The number of esters is 2. The Balaban J connectivity index is 2.74. The molecule has 1 aliphatic rings. The fourth-order valence-electron chi connectivity index (χ4n) is 2.45. The maximum atomic E-state index is 12.5. The molecule has 1 aromatic heterocycles. The van der Waals surface area contributed by atoms with Crippen molar-refractivity contribution in [3.63, 3.8) is 0 Å². The largest absolute Gasteiger partial charge is 0.465 e. The Morgan fingerprint density at radius 2 is 1.90 bits per heavy atom. The molecule has 0 saturated heterocycles. The molecular weight excluding hydrogens is 274 g/mol. The number of rotatable bonds is 4. The van der Waals surface area contributed by atoms with Gasteiger partial charge in [0, 0.05) is 6.20 Å². The first kappa shape index (κ1) is 14.7. The maximum absolute atomic E-state index is 12.5. The van der Waals surface area contributed by atoms with Crippen molar-refractivity contribution in [1.29, 1.82) is 5.26 Å². The van der Waals surface area contributed by atoms with E-state index < -0.39 is 17.4 Å². The first-order valence-corrected chi connectivity index (χ1v) is 6.48. The Labute approximate surface area is 121 Å². The summed E-state index contributed by atoms with van der Waals surface area (Å²) < 4.78 is 11.4. The molecule has 0 aliphatic carbocycles. The number of aromatic nitrogens is 1. The van der Waals surface area contributed by atoms with Crippen LogP contribution in [0, 0.1) is 11.3 Å². The zero-order valence-corrected chi connectivity index (χ0v) is 11.8. The Morgan fingerprint density at radius 1 is 1.33 bits per heavy atom. The van der Waals surface area contributed by atoms with Gasteiger partial charge in [-0.2, -0.15) is 5.26 Å². The predicted octanol–water partition coefficient (Wildman–Crippen LogP) is 0.517. The van der Waals surface area contributed by atoms with Crippen molar-refractivity contribution >= 4 is 17.8 Å². The highest BCUT2D eigenvalue weighted by atomic mass is 16.6. The van der Waals surface area contributed by atoms with Gasteiger partial charge in [0.15, 0.2) is 0 Å². The molecular formula is C14H15N3O4. The summed E-state index contributed by atoms with van der Waals surface area (Å²) >= 11 is 0. The summed E-state index contributed by atoms with van der Waals surface area (Å²) in [5, 5.41) is 9.38. The normalized spacial score (nSPS) is 15.3. The molecule has 0 radical (unpaired) electrons. The number of fused-ring (bicyclic) bond motifs is 1. The van der Waals surface area contributed by atoms with Crippen LogP contribution in [0.2, 0.25) is 0 Å². The van der Waals surface area contributed by atoms with E-state index in [4.69, 9.17) is 15.2 Å². The fourth-order valence-corrected chi connectivity index (χ4v) is 2.45. The minimum atomic E-state index is -1.95. The average molecular weight is 289 g/mol. The summed E-state index contributed by atoms with van der Waals surface area (Å²) in [6, 6.07) is 5.02. The smallest absolute Gasteiger partial charge is 0.335 e. The van der Waals surface area contributed by atoms with Crippen molar-refractivity contribution in [2.24, 2.45) is 5.73 Å². The molecule has 2 heterocycles. The van der Waals surface area contributed by atoms with Gasteiger partial charge in [-0.15, -0.1) is 0 Å². The molecule has 7 heteroatoms. The molecule has 7 nitrogen and oxygen atoms in total. The molecule has 110 valence electrons. The maximum Gasteiger partial charge on any atom is 0.335 e. The Hall–Kier alpha value is -2.75. The van der Waals surface area contributed by atoms with Crippen LogP contribution in [0.1, 0.15) is 19.5 Å². The summed E-state index contributed by atoms with van der Waals surface area (Å²) in [7, 11) is 0. The lowest BCUT2D eigenvalue weighted by atomic mass is 9.79. The van der Waals surface area contributed by atoms with Gasteiger partial charge < -0.3 is 19.8 Å². The van der Waals surface area contributed by atoms with Gasteiger partial charge in [-0.25, -0.2) is 9.59 Å². The van der Waals surface area contributed by atoms with Crippen LogP contribution in [-0.2, 0) is 24.5 Å². The Kier molecular flexibility index (Phi) is 3.72. The van der Waals surface area contributed by atoms with Crippen LogP contribution in [0.4, 0.5) is 0 Å². The fraction of sp³-hybridized carbons (Fsp3) is 0.357. The van der Waals surface area contributed by atoms with Gasteiger partial charge in [-0.05, 0) is 26.0 Å². The van der Waals surface area contributed by atoms with Crippen LogP contribution < -0.4 is 5.73 Å². The molecule has 1 aromatic rings. The third kappa shape index (κ3) is 1.80. The molecule has 0 spiro atoms. The van der Waals surface area contributed by atoms with Gasteiger partial charge in [0.1, 0.15) is 17.5 Å². The van der Waals surface area contributed by atoms with E-state index in [-0.39, 0.29) is 30.3 Å². The van der Waals surface area contributed by atoms with Crippen LogP contribution in [0.25, 0.3) is 5.82 Å². The van der Waals surface area contributed by atoms with Crippen molar-refractivity contribution in [2.45, 2.75) is 19.3 Å². The quantitative estimate of drug-likeness (QED) is 0.639. The summed E-state index contributed by atoms with van der Waals surface area (Å²) in [6.07, 6.45) is 1.57. The summed E-state index contributed by atoms with van der Waals surface area (Å²) in [5.41, 5.74) is 4.03. The molecule has 2 rings (SSSR count). The third-order valence-electron chi connectivity index (χ3n) is 3.30. The van der Waals surface area contributed by atoms with E-state index in [0.717, 1.165) is 0 Å². The van der Waals surface area contributed by atoms with Crippen molar-refractivity contribution in [3.8, 4) is 6.07 Å². The third-order valence-corrected chi connectivity index (χ3v) is 3.30. The highest BCUT2D eigenvalue weighted by Gasteiger charge is 2.60. The van der Waals surface area contributed by atoms with E-state index >= 15 is 0 Å². The lowest BCUT2D eigenvalue weighted by Crippen LogP contribution is -2.46. The number of hydrogen-bond acceptors (Lipinski definition) is 6. The first-order valence-electron chi connectivity index (χ1n) is 6.48. The molecule has 0 bridgehead atoms. The van der Waals surface area contributed by atoms with Gasteiger partial charge in [-0.1, -0.05) is 0 Å². The number of ether oxygens (including phenoxy) is 2. The minimum Gasteiger partial charge on any atom is -0.465 e.